The van der Waals surface area contributed by atoms with E-state index >= 15 is 0 Å². The first-order valence-electron chi connectivity index (χ1n) is 7.37. The van der Waals surface area contributed by atoms with Crippen molar-refractivity contribution in [3.05, 3.63) is 18.2 Å². The van der Waals surface area contributed by atoms with Gasteiger partial charge in [0.25, 0.3) is 0 Å². The molecule has 110 valence electrons. The second kappa shape index (κ2) is 9.10. The van der Waals surface area contributed by atoms with Crippen LogP contribution in [-0.4, -0.2) is 29.3 Å². The van der Waals surface area contributed by atoms with Crippen LogP contribution in [0.4, 0.5) is 0 Å². The van der Waals surface area contributed by atoms with Crippen LogP contribution in [0.5, 0.6) is 0 Å². The quantitative estimate of drug-likeness (QED) is 0.662. The van der Waals surface area contributed by atoms with Crippen LogP contribution in [0.15, 0.2) is 12.5 Å². The Labute approximate surface area is 117 Å². The summed E-state index contributed by atoms with van der Waals surface area (Å²) < 4.78 is 7.82. The van der Waals surface area contributed by atoms with Crippen LogP contribution in [0, 0.1) is 11.8 Å². The van der Waals surface area contributed by atoms with Gasteiger partial charge in [0.15, 0.2) is 0 Å². The number of hydrogen-bond acceptors (Lipinski definition) is 3. The van der Waals surface area contributed by atoms with E-state index in [9.17, 15) is 0 Å². The van der Waals surface area contributed by atoms with Crippen molar-refractivity contribution in [2.24, 2.45) is 11.8 Å². The summed E-state index contributed by atoms with van der Waals surface area (Å²) in [5.74, 6) is 1.39. The van der Waals surface area contributed by atoms with Crippen LogP contribution < -0.4 is 5.32 Å². The zero-order valence-electron chi connectivity index (χ0n) is 12.9. The maximum atomic E-state index is 5.65. The minimum atomic E-state index is 0.677. The van der Waals surface area contributed by atoms with Crippen LogP contribution in [0.25, 0.3) is 0 Å². The van der Waals surface area contributed by atoms with Gasteiger partial charge in [-0.1, -0.05) is 27.7 Å². The van der Waals surface area contributed by atoms with Crippen LogP contribution in [-0.2, 0) is 17.8 Å². The van der Waals surface area contributed by atoms with Gasteiger partial charge in [-0.15, -0.1) is 0 Å². The van der Waals surface area contributed by atoms with E-state index in [1.54, 1.807) is 0 Å². The van der Waals surface area contributed by atoms with Gasteiger partial charge in [-0.25, -0.2) is 4.98 Å². The molecule has 1 heterocycles. The second-order valence-corrected chi connectivity index (χ2v) is 5.90. The Morgan fingerprint density at radius 1 is 1.21 bits per heavy atom. The molecule has 0 aromatic carbocycles. The lowest BCUT2D eigenvalue weighted by Gasteiger charge is -2.11. The Bertz CT molecular complexity index is 334. The smallest absolute Gasteiger partial charge is 0.0949 e. The molecule has 1 N–H and O–H groups in total. The van der Waals surface area contributed by atoms with E-state index in [-0.39, 0.29) is 0 Å². The largest absolute Gasteiger partial charge is 0.380 e. The lowest BCUT2D eigenvalue weighted by Crippen LogP contribution is -2.21. The molecule has 0 fully saturated rings. The highest BCUT2D eigenvalue weighted by atomic mass is 16.5. The maximum Gasteiger partial charge on any atom is 0.0949 e. The Morgan fingerprint density at radius 3 is 2.68 bits per heavy atom. The molecule has 0 aliphatic carbocycles. The van der Waals surface area contributed by atoms with Crippen LogP contribution in [0.1, 0.15) is 39.8 Å². The lowest BCUT2D eigenvalue weighted by atomic mass is 10.1. The summed E-state index contributed by atoms with van der Waals surface area (Å²) in [4.78, 5) is 4.21. The first-order chi connectivity index (χ1) is 9.09. The predicted molar refractivity (Wildman–Crippen MR) is 79.0 cm³/mol. The van der Waals surface area contributed by atoms with Crippen molar-refractivity contribution in [2.75, 3.05) is 19.8 Å². The molecule has 1 rings (SSSR count). The first-order valence-corrected chi connectivity index (χ1v) is 7.37. The molecule has 1 aromatic heterocycles. The van der Waals surface area contributed by atoms with Crippen molar-refractivity contribution >= 4 is 0 Å². The lowest BCUT2D eigenvalue weighted by molar-refractivity contribution is 0.115. The molecule has 0 unspecified atom stereocenters. The highest BCUT2D eigenvalue weighted by Gasteiger charge is 2.02. The van der Waals surface area contributed by atoms with Gasteiger partial charge in [0.2, 0.25) is 0 Å². The minimum Gasteiger partial charge on any atom is -0.380 e. The molecule has 0 bridgehead atoms. The molecule has 1 aromatic rings. The summed E-state index contributed by atoms with van der Waals surface area (Å²) in [6.45, 7) is 13.3. The van der Waals surface area contributed by atoms with Crippen molar-refractivity contribution in [1.82, 2.24) is 14.9 Å². The summed E-state index contributed by atoms with van der Waals surface area (Å²) in [6.07, 6.45) is 4.95. The summed E-state index contributed by atoms with van der Waals surface area (Å²) in [5, 5.41) is 3.44. The number of rotatable bonds is 10. The SMILES string of the molecule is CC(C)CCOCCn1cncc1CNCC(C)C. The van der Waals surface area contributed by atoms with E-state index < -0.39 is 0 Å². The van der Waals surface area contributed by atoms with Gasteiger partial charge in [0.1, 0.15) is 0 Å². The van der Waals surface area contributed by atoms with Crippen LogP contribution >= 0.6 is 0 Å². The number of aromatic nitrogens is 2. The zero-order valence-corrected chi connectivity index (χ0v) is 12.9. The van der Waals surface area contributed by atoms with E-state index in [0.29, 0.717) is 11.8 Å². The Kier molecular flexibility index (Phi) is 7.75. The fourth-order valence-electron chi connectivity index (χ4n) is 1.77. The molecule has 0 saturated carbocycles. The van der Waals surface area contributed by atoms with Gasteiger partial charge >= 0.3 is 0 Å². The number of nitrogens with zero attached hydrogens (tertiary/aromatic N) is 2. The van der Waals surface area contributed by atoms with Crippen LogP contribution in [0.2, 0.25) is 0 Å². The molecule has 0 aliphatic rings. The zero-order chi connectivity index (χ0) is 14.1. The molecule has 0 spiro atoms. The third-order valence-corrected chi connectivity index (χ3v) is 2.97. The van der Waals surface area contributed by atoms with Crippen LogP contribution in [0.3, 0.4) is 0 Å². The van der Waals surface area contributed by atoms with E-state index in [4.69, 9.17) is 4.74 Å². The first kappa shape index (κ1) is 16.2. The summed E-state index contributed by atoms with van der Waals surface area (Å²) in [6, 6.07) is 0. The van der Waals surface area contributed by atoms with E-state index in [1.165, 1.54) is 5.69 Å². The van der Waals surface area contributed by atoms with E-state index in [2.05, 4.69) is 42.6 Å². The van der Waals surface area contributed by atoms with Crippen molar-refractivity contribution in [2.45, 2.75) is 47.2 Å². The van der Waals surface area contributed by atoms with Gasteiger partial charge in [-0.3, -0.25) is 0 Å². The highest BCUT2D eigenvalue weighted by molar-refractivity contribution is 4.97. The third-order valence-electron chi connectivity index (χ3n) is 2.97. The maximum absolute atomic E-state index is 5.65. The van der Waals surface area contributed by atoms with Gasteiger partial charge in [-0.2, -0.15) is 0 Å². The number of hydrogen-bond donors (Lipinski definition) is 1. The molecule has 4 nitrogen and oxygen atoms in total. The average Bonchev–Trinajstić information content (AvgIpc) is 2.75. The monoisotopic (exact) mass is 267 g/mol. The van der Waals surface area contributed by atoms with E-state index in [1.807, 2.05) is 12.5 Å². The molecule has 0 saturated heterocycles. The van der Waals surface area contributed by atoms with Gasteiger partial charge in [0.05, 0.1) is 18.6 Å². The fourth-order valence-corrected chi connectivity index (χ4v) is 1.77. The standard InChI is InChI=1S/C15H29N3O/c1-13(2)5-7-19-8-6-18-12-17-11-15(18)10-16-9-14(3)4/h11-14,16H,5-10H2,1-4H3. The second-order valence-electron chi connectivity index (χ2n) is 5.90. The Balaban J connectivity index is 2.21. The molecular weight excluding hydrogens is 238 g/mol. The van der Waals surface area contributed by atoms with Gasteiger partial charge in [0, 0.05) is 25.9 Å². The molecule has 0 atom stereocenters. The molecule has 0 amide bonds. The van der Waals surface area contributed by atoms with Crippen molar-refractivity contribution < 1.29 is 4.74 Å². The molecular formula is C15H29N3O. The normalized spacial score (nSPS) is 11.7. The van der Waals surface area contributed by atoms with Crippen molar-refractivity contribution in [3.8, 4) is 0 Å². The van der Waals surface area contributed by atoms with Gasteiger partial charge < -0.3 is 14.6 Å². The predicted octanol–water partition coefficient (Wildman–Crippen LogP) is 2.69. The van der Waals surface area contributed by atoms with E-state index in [0.717, 1.165) is 39.3 Å². The minimum absolute atomic E-state index is 0.677. The number of imidazole rings is 1. The Morgan fingerprint density at radius 2 is 2.00 bits per heavy atom. The van der Waals surface area contributed by atoms with Crippen molar-refractivity contribution in [3.63, 3.8) is 0 Å². The van der Waals surface area contributed by atoms with Crippen molar-refractivity contribution in [1.29, 1.82) is 0 Å². The third kappa shape index (κ3) is 7.33. The summed E-state index contributed by atoms with van der Waals surface area (Å²) in [7, 11) is 0. The molecule has 0 radical (unpaired) electrons. The number of nitrogens with one attached hydrogen (secondary N) is 1. The van der Waals surface area contributed by atoms with Gasteiger partial charge in [-0.05, 0) is 24.8 Å². The Hall–Kier alpha value is -0.870. The molecule has 4 heteroatoms. The fraction of sp³-hybridized carbons (Fsp3) is 0.800. The molecule has 19 heavy (non-hydrogen) atoms. The topological polar surface area (TPSA) is 39.1 Å². The number of ether oxygens (including phenoxy) is 1. The summed E-state index contributed by atoms with van der Waals surface area (Å²) >= 11 is 0. The highest BCUT2D eigenvalue weighted by Crippen LogP contribution is 2.02. The average molecular weight is 267 g/mol. The summed E-state index contributed by atoms with van der Waals surface area (Å²) in [5.41, 5.74) is 1.23. The molecule has 0 aliphatic heterocycles.